The van der Waals surface area contributed by atoms with E-state index in [-0.39, 0.29) is 5.91 Å². The van der Waals surface area contributed by atoms with Crippen molar-refractivity contribution in [1.82, 2.24) is 4.90 Å². The molecule has 0 heterocycles. The van der Waals surface area contributed by atoms with E-state index in [0.29, 0.717) is 6.42 Å². The van der Waals surface area contributed by atoms with Gasteiger partial charge in [0.2, 0.25) is 5.91 Å². The molecule has 2 heteroatoms. The Labute approximate surface area is 111 Å². The van der Waals surface area contributed by atoms with Crippen LogP contribution in [0.15, 0.2) is 30.3 Å². The molecule has 0 radical (unpaired) electrons. The van der Waals surface area contributed by atoms with Crippen molar-refractivity contribution in [2.75, 3.05) is 6.54 Å². The Bertz CT molecular complexity index is 334. The minimum atomic E-state index is 0.289. The van der Waals surface area contributed by atoms with Gasteiger partial charge in [-0.25, -0.2) is 0 Å². The molecule has 18 heavy (non-hydrogen) atoms. The van der Waals surface area contributed by atoms with Crippen LogP contribution < -0.4 is 0 Å². The molecule has 0 aromatic heterocycles. The molecule has 0 atom stereocenters. The van der Waals surface area contributed by atoms with E-state index in [0.717, 1.165) is 19.5 Å². The zero-order valence-corrected chi connectivity index (χ0v) is 11.7. The fraction of sp³-hybridized carbons (Fsp3) is 0.562. The van der Waals surface area contributed by atoms with Crippen LogP contribution in [0.25, 0.3) is 0 Å². The lowest BCUT2D eigenvalue weighted by Gasteiger charge is -2.21. The number of nitrogens with zero attached hydrogens (tertiary/aromatic N) is 1. The maximum Gasteiger partial charge on any atom is 0.222 e. The van der Waals surface area contributed by atoms with E-state index < -0.39 is 0 Å². The molecule has 0 spiro atoms. The smallest absolute Gasteiger partial charge is 0.222 e. The SMILES string of the molecule is CCCCCCC(=O)N(CC)Cc1ccccc1. The fourth-order valence-electron chi connectivity index (χ4n) is 2.04. The van der Waals surface area contributed by atoms with Crippen LogP contribution in [0.3, 0.4) is 0 Å². The Hall–Kier alpha value is -1.31. The van der Waals surface area contributed by atoms with Gasteiger partial charge in [0.15, 0.2) is 0 Å². The number of carbonyl (C=O) groups is 1. The summed E-state index contributed by atoms with van der Waals surface area (Å²) in [7, 11) is 0. The third-order valence-corrected chi connectivity index (χ3v) is 3.19. The van der Waals surface area contributed by atoms with Gasteiger partial charge in [0.05, 0.1) is 0 Å². The van der Waals surface area contributed by atoms with E-state index in [9.17, 15) is 4.79 Å². The summed E-state index contributed by atoms with van der Waals surface area (Å²) in [6, 6.07) is 10.2. The van der Waals surface area contributed by atoms with Gasteiger partial charge in [-0.2, -0.15) is 0 Å². The standard InChI is InChI=1S/C16H25NO/c1-3-5-6-10-13-16(18)17(4-2)14-15-11-8-7-9-12-15/h7-9,11-12H,3-6,10,13-14H2,1-2H3. The number of hydrogen-bond acceptors (Lipinski definition) is 1. The second-order valence-electron chi connectivity index (χ2n) is 4.70. The van der Waals surface area contributed by atoms with E-state index in [2.05, 4.69) is 19.1 Å². The zero-order valence-electron chi connectivity index (χ0n) is 11.7. The van der Waals surface area contributed by atoms with Gasteiger partial charge >= 0.3 is 0 Å². The maximum atomic E-state index is 12.1. The Kier molecular flexibility index (Phi) is 7.16. The molecule has 1 amide bonds. The predicted molar refractivity (Wildman–Crippen MR) is 76.3 cm³/mol. The summed E-state index contributed by atoms with van der Waals surface area (Å²) in [6.45, 7) is 5.77. The van der Waals surface area contributed by atoms with Gasteiger partial charge in [-0.15, -0.1) is 0 Å². The van der Waals surface area contributed by atoms with Crippen molar-refractivity contribution in [2.24, 2.45) is 0 Å². The number of benzene rings is 1. The highest BCUT2D eigenvalue weighted by atomic mass is 16.2. The molecule has 0 bridgehead atoms. The summed E-state index contributed by atoms with van der Waals surface area (Å²) in [4.78, 5) is 14.0. The van der Waals surface area contributed by atoms with Crippen LogP contribution in [0.4, 0.5) is 0 Å². The first-order valence-electron chi connectivity index (χ1n) is 7.09. The monoisotopic (exact) mass is 247 g/mol. The molecule has 0 saturated heterocycles. The fourth-order valence-corrected chi connectivity index (χ4v) is 2.04. The van der Waals surface area contributed by atoms with E-state index in [1.54, 1.807) is 0 Å². The van der Waals surface area contributed by atoms with Crippen molar-refractivity contribution in [3.8, 4) is 0 Å². The Morgan fingerprint density at radius 2 is 1.78 bits per heavy atom. The van der Waals surface area contributed by atoms with Crippen LogP contribution in [0.5, 0.6) is 0 Å². The molecule has 1 rings (SSSR count). The third kappa shape index (κ3) is 5.35. The molecule has 0 aliphatic carbocycles. The van der Waals surface area contributed by atoms with Crippen molar-refractivity contribution < 1.29 is 4.79 Å². The van der Waals surface area contributed by atoms with Crippen molar-refractivity contribution >= 4 is 5.91 Å². The van der Waals surface area contributed by atoms with E-state index >= 15 is 0 Å². The Morgan fingerprint density at radius 1 is 1.06 bits per heavy atom. The van der Waals surface area contributed by atoms with E-state index in [4.69, 9.17) is 0 Å². The predicted octanol–water partition coefficient (Wildman–Crippen LogP) is 4.01. The molecule has 0 aliphatic heterocycles. The van der Waals surface area contributed by atoms with Gasteiger partial charge in [0.1, 0.15) is 0 Å². The molecular weight excluding hydrogens is 222 g/mol. The molecule has 1 aromatic rings. The second kappa shape index (κ2) is 8.73. The number of rotatable bonds is 8. The Balaban J connectivity index is 2.38. The third-order valence-electron chi connectivity index (χ3n) is 3.19. The summed E-state index contributed by atoms with van der Waals surface area (Å²) < 4.78 is 0. The molecule has 0 aliphatic rings. The van der Waals surface area contributed by atoms with Gasteiger partial charge < -0.3 is 4.90 Å². The minimum Gasteiger partial charge on any atom is -0.339 e. The largest absolute Gasteiger partial charge is 0.339 e. The first-order valence-corrected chi connectivity index (χ1v) is 7.09. The Morgan fingerprint density at radius 3 is 2.39 bits per heavy atom. The minimum absolute atomic E-state index is 0.289. The highest BCUT2D eigenvalue weighted by molar-refractivity contribution is 5.76. The molecule has 2 nitrogen and oxygen atoms in total. The van der Waals surface area contributed by atoms with E-state index in [1.165, 1.54) is 24.8 Å². The van der Waals surface area contributed by atoms with Crippen molar-refractivity contribution in [1.29, 1.82) is 0 Å². The average molecular weight is 247 g/mol. The molecule has 1 aromatic carbocycles. The lowest BCUT2D eigenvalue weighted by atomic mass is 10.1. The van der Waals surface area contributed by atoms with Crippen molar-refractivity contribution in [3.63, 3.8) is 0 Å². The topological polar surface area (TPSA) is 20.3 Å². The number of unbranched alkanes of at least 4 members (excludes halogenated alkanes) is 3. The highest BCUT2D eigenvalue weighted by Gasteiger charge is 2.11. The first-order chi connectivity index (χ1) is 8.77. The molecular formula is C16H25NO. The van der Waals surface area contributed by atoms with Crippen LogP contribution in [-0.2, 0) is 11.3 Å². The lowest BCUT2D eigenvalue weighted by molar-refractivity contribution is -0.131. The van der Waals surface area contributed by atoms with Gasteiger partial charge in [-0.3, -0.25) is 4.79 Å². The number of carbonyl (C=O) groups excluding carboxylic acids is 1. The van der Waals surface area contributed by atoms with Gasteiger partial charge in [0.25, 0.3) is 0 Å². The molecule has 0 fully saturated rings. The lowest BCUT2D eigenvalue weighted by Crippen LogP contribution is -2.30. The van der Waals surface area contributed by atoms with Crippen LogP contribution in [-0.4, -0.2) is 17.4 Å². The quantitative estimate of drug-likeness (QED) is 0.636. The van der Waals surface area contributed by atoms with Crippen molar-refractivity contribution in [2.45, 2.75) is 52.5 Å². The van der Waals surface area contributed by atoms with Crippen LogP contribution in [0, 0.1) is 0 Å². The molecule has 100 valence electrons. The van der Waals surface area contributed by atoms with Gasteiger partial charge in [-0.05, 0) is 18.9 Å². The summed E-state index contributed by atoms with van der Waals surface area (Å²) in [5.41, 5.74) is 1.21. The normalized spacial score (nSPS) is 10.3. The van der Waals surface area contributed by atoms with Crippen molar-refractivity contribution in [3.05, 3.63) is 35.9 Å². The van der Waals surface area contributed by atoms with E-state index in [1.807, 2.05) is 30.0 Å². The summed E-state index contributed by atoms with van der Waals surface area (Å²) >= 11 is 0. The molecule has 0 unspecified atom stereocenters. The number of hydrogen-bond donors (Lipinski definition) is 0. The van der Waals surface area contributed by atoms with Gasteiger partial charge in [-0.1, -0.05) is 56.5 Å². The zero-order chi connectivity index (χ0) is 13.2. The van der Waals surface area contributed by atoms with Crippen LogP contribution >= 0.6 is 0 Å². The summed E-state index contributed by atoms with van der Waals surface area (Å²) in [5, 5.41) is 0. The average Bonchev–Trinajstić information content (AvgIpc) is 2.42. The van der Waals surface area contributed by atoms with Gasteiger partial charge in [0, 0.05) is 19.5 Å². The summed E-state index contributed by atoms with van der Waals surface area (Å²) in [5.74, 6) is 0.289. The number of amides is 1. The molecule has 0 N–H and O–H groups in total. The van der Waals surface area contributed by atoms with Crippen LogP contribution in [0.2, 0.25) is 0 Å². The maximum absolute atomic E-state index is 12.1. The summed E-state index contributed by atoms with van der Waals surface area (Å²) in [6.07, 6.45) is 5.34. The first kappa shape index (κ1) is 14.7. The van der Waals surface area contributed by atoms with Crippen LogP contribution in [0.1, 0.15) is 51.5 Å². The molecule has 0 saturated carbocycles. The highest BCUT2D eigenvalue weighted by Crippen LogP contribution is 2.09. The second-order valence-corrected chi connectivity index (χ2v) is 4.70.